The maximum Gasteiger partial charge on any atom is 0.149 e. The monoisotopic (exact) mass is 183 g/mol. The molecular formula is C11H21NO. The van der Waals surface area contributed by atoms with Crippen LogP contribution in [0.3, 0.4) is 0 Å². The van der Waals surface area contributed by atoms with E-state index in [1.807, 2.05) is 13.8 Å². The molecule has 13 heavy (non-hydrogen) atoms. The van der Waals surface area contributed by atoms with Crippen molar-refractivity contribution in [2.24, 2.45) is 11.8 Å². The van der Waals surface area contributed by atoms with Crippen LogP contribution >= 0.6 is 0 Å². The summed E-state index contributed by atoms with van der Waals surface area (Å²) in [5.74, 6) is 1.41. The fraction of sp³-hybridized carbons (Fsp3) is 0.909. The summed E-state index contributed by atoms with van der Waals surface area (Å²) in [6.45, 7) is 9.13. The lowest BCUT2D eigenvalue weighted by atomic mass is 10.1. The van der Waals surface area contributed by atoms with Gasteiger partial charge in [-0.2, -0.15) is 0 Å². The van der Waals surface area contributed by atoms with E-state index in [0.717, 1.165) is 19.0 Å². The van der Waals surface area contributed by atoms with Crippen molar-refractivity contribution in [1.82, 2.24) is 4.90 Å². The van der Waals surface area contributed by atoms with E-state index in [2.05, 4.69) is 11.8 Å². The Morgan fingerprint density at radius 1 is 1.54 bits per heavy atom. The van der Waals surface area contributed by atoms with Crippen LogP contribution in [0.25, 0.3) is 0 Å². The average molecular weight is 183 g/mol. The topological polar surface area (TPSA) is 20.3 Å². The fourth-order valence-electron chi connectivity index (χ4n) is 1.79. The Labute approximate surface area is 81.3 Å². The van der Waals surface area contributed by atoms with Gasteiger partial charge in [-0.1, -0.05) is 27.2 Å². The van der Waals surface area contributed by atoms with E-state index in [4.69, 9.17) is 0 Å². The van der Waals surface area contributed by atoms with Gasteiger partial charge in [0.15, 0.2) is 0 Å². The van der Waals surface area contributed by atoms with Crippen molar-refractivity contribution < 1.29 is 4.79 Å². The molecule has 1 fully saturated rings. The fourth-order valence-corrected chi connectivity index (χ4v) is 1.79. The molecule has 1 unspecified atom stereocenters. The van der Waals surface area contributed by atoms with Crippen LogP contribution in [0, 0.1) is 11.8 Å². The Morgan fingerprint density at radius 3 is 2.69 bits per heavy atom. The predicted molar refractivity (Wildman–Crippen MR) is 54.7 cm³/mol. The lowest BCUT2D eigenvalue weighted by molar-refractivity contribution is -0.122. The van der Waals surface area contributed by atoms with Gasteiger partial charge in [0.05, 0.1) is 6.54 Å². The molecule has 0 radical (unpaired) electrons. The first kappa shape index (κ1) is 10.7. The van der Waals surface area contributed by atoms with E-state index in [1.54, 1.807) is 0 Å². The standard InChI is InChI=1S/C11H21NO/c1-4-10-5-6-12(7-10)8-11(13)9(2)3/h9-10H,4-8H2,1-3H3. The highest BCUT2D eigenvalue weighted by Crippen LogP contribution is 2.18. The molecule has 1 rings (SSSR count). The number of likely N-dealkylation sites (tertiary alicyclic amines) is 1. The molecule has 0 aromatic carbocycles. The van der Waals surface area contributed by atoms with Crippen molar-refractivity contribution in [3.05, 3.63) is 0 Å². The van der Waals surface area contributed by atoms with Crippen molar-refractivity contribution in [3.8, 4) is 0 Å². The quantitative estimate of drug-likeness (QED) is 0.664. The van der Waals surface area contributed by atoms with Crippen LogP contribution in [-0.2, 0) is 4.79 Å². The number of carbonyl (C=O) groups is 1. The Balaban J connectivity index is 2.28. The number of carbonyl (C=O) groups excluding carboxylic acids is 1. The van der Waals surface area contributed by atoms with Crippen LogP contribution in [-0.4, -0.2) is 30.3 Å². The minimum atomic E-state index is 0.195. The highest BCUT2D eigenvalue weighted by atomic mass is 16.1. The molecule has 0 amide bonds. The van der Waals surface area contributed by atoms with Gasteiger partial charge in [-0.25, -0.2) is 0 Å². The molecule has 1 heterocycles. The number of ketones is 1. The molecule has 1 aliphatic heterocycles. The first-order valence-corrected chi connectivity index (χ1v) is 5.38. The molecule has 0 spiro atoms. The summed E-state index contributed by atoms with van der Waals surface area (Å²) >= 11 is 0. The van der Waals surface area contributed by atoms with Gasteiger partial charge in [-0.15, -0.1) is 0 Å². The SMILES string of the molecule is CCC1CCN(CC(=O)C(C)C)C1. The second-order valence-electron chi connectivity index (χ2n) is 4.42. The van der Waals surface area contributed by atoms with Crippen molar-refractivity contribution >= 4 is 5.78 Å². The lowest BCUT2D eigenvalue weighted by Gasteiger charge is -2.15. The van der Waals surface area contributed by atoms with Crippen molar-refractivity contribution in [1.29, 1.82) is 0 Å². The van der Waals surface area contributed by atoms with E-state index in [0.29, 0.717) is 12.3 Å². The van der Waals surface area contributed by atoms with Gasteiger partial charge in [0.2, 0.25) is 0 Å². The zero-order valence-corrected chi connectivity index (χ0v) is 9.05. The largest absolute Gasteiger partial charge is 0.298 e. The molecule has 0 aliphatic carbocycles. The summed E-state index contributed by atoms with van der Waals surface area (Å²) in [4.78, 5) is 13.8. The van der Waals surface area contributed by atoms with E-state index in [1.165, 1.54) is 12.8 Å². The van der Waals surface area contributed by atoms with Crippen molar-refractivity contribution in [2.45, 2.75) is 33.6 Å². The summed E-state index contributed by atoms with van der Waals surface area (Å²) in [6.07, 6.45) is 2.54. The van der Waals surface area contributed by atoms with E-state index >= 15 is 0 Å². The Morgan fingerprint density at radius 2 is 2.23 bits per heavy atom. The zero-order valence-electron chi connectivity index (χ0n) is 9.05. The van der Waals surface area contributed by atoms with E-state index in [-0.39, 0.29) is 5.92 Å². The Bertz CT molecular complexity index is 177. The maximum atomic E-state index is 11.5. The molecule has 2 nitrogen and oxygen atoms in total. The second kappa shape index (κ2) is 4.75. The van der Waals surface area contributed by atoms with Crippen LogP contribution in [0.1, 0.15) is 33.6 Å². The molecule has 1 saturated heterocycles. The number of hydrogen-bond donors (Lipinski definition) is 0. The molecule has 0 aromatic rings. The number of rotatable bonds is 4. The molecular weight excluding hydrogens is 162 g/mol. The third-order valence-electron chi connectivity index (χ3n) is 2.97. The molecule has 0 aromatic heterocycles. The first-order valence-electron chi connectivity index (χ1n) is 5.38. The van der Waals surface area contributed by atoms with Crippen LogP contribution in [0.15, 0.2) is 0 Å². The summed E-state index contributed by atoms with van der Waals surface area (Å²) in [7, 11) is 0. The minimum Gasteiger partial charge on any atom is -0.298 e. The van der Waals surface area contributed by atoms with Gasteiger partial charge in [-0.05, 0) is 18.9 Å². The van der Waals surface area contributed by atoms with Gasteiger partial charge in [0.1, 0.15) is 5.78 Å². The molecule has 0 saturated carbocycles. The molecule has 1 atom stereocenters. The highest BCUT2D eigenvalue weighted by Gasteiger charge is 2.23. The van der Waals surface area contributed by atoms with Gasteiger partial charge >= 0.3 is 0 Å². The van der Waals surface area contributed by atoms with Crippen molar-refractivity contribution in [2.75, 3.05) is 19.6 Å². The molecule has 76 valence electrons. The van der Waals surface area contributed by atoms with Crippen LogP contribution in [0.5, 0.6) is 0 Å². The summed E-state index contributed by atoms with van der Waals surface area (Å²) < 4.78 is 0. The highest BCUT2D eigenvalue weighted by molar-refractivity contribution is 5.82. The van der Waals surface area contributed by atoms with Gasteiger partial charge < -0.3 is 0 Å². The van der Waals surface area contributed by atoms with Crippen LogP contribution < -0.4 is 0 Å². The van der Waals surface area contributed by atoms with Gasteiger partial charge in [0, 0.05) is 12.5 Å². The number of nitrogens with zero attached hydrogens (tertiary/aromatic N) is 1. The predicted octanol–water partition coefficient (Wildman–Crippen LogP) is 1.94. The summed E-state index contributed by atoms with van der Waals surface area (Å²) in [5, 5.41) is 0. The third-order valence-corrected chi connectivity index (χ3v) is 2.97. The lowest BCUT2D eigenvalue weighted by Crippen LogP contribution is -2.30. The second-order valence-corrected chi connectivity index (χ2v) is 4.42. The maximum absolute atomic E-state index is 11.5. The molecule has 0 N–H and O–H groups in total. The minimum absolute atomic E-state index is 0.195. The zero-order chi connectivity index (χ0) is 9.84. The molecule has 2 heteroatoms. The summed E-state index contributed by atoms with van der Waals surface area (Å²) in [6, 6.07) is 0. The van der Waals surface area contributed by atoms with Crippen molar-refractivity contribution in [3.63, 3.8) is 0 Å². The van der Waals surface area contributed by atoms with Crippen LogP contribution in [0.4, 0.5) is 0 Å². The van der Waals surface area contributed by atoms with E-state index < -0.39 is 0 Å². The number of hydrogen-bond acceptors (Lipinski definition) is 2. The Hall–Kier alpha value is -0.370. The van der Waals surface area contributed by atoms with E-state index in [9.17, 15) is 4.79 Å². The normalized spacial score (nSPS) is 24.2. The Kier molecular flexibility index (Phi) is 3.91. The third kappa shape index (κ3) is 3.11. The average Bonchev–Trinajstić information content (AvgIpc) is 2.52. The molecule has 1 aliphatic rings. The smallest absolute Gasteiger partial charge is 0.149 e. The van der Waals surface area contributed by atoms with Gasteiger partial charge in [-0.3, -0.25) is 9.69 Å². The summed E-state index contributed by atoms with van der Waals surface area (Å²) in [5.41, 5.74) is 0. The number of Topliss-reactive ketones (excluding diaryl/α,β-unsaturated/α-hetero) is 1. The van der Waals surface area contributed by atoms with Crippen LogP contribution in [0.2, 0.25) is 0 Å². The first-order chi connectivity index (χ1) is 6.13. The molecule has 0 bridgehead atoms. The van der Waals surface area contributed by atoms with Gasteiger partial charge in [0.25, 0.3) is 0 Å².